The van der Waals surface area contributed by atoms with E-state index in [0.717, 1.165) is 0 Å². The third-order valence-electron chi connectivity index (χ3n) is 6.06. The summed E-state index contributed by atoms with van der Waals surface area (Å²) in [5, 5.41) is 0. The summed E-state index contributed by atoms with van der Waals surface area (Å²) < 4.78 is 38.4. The number of epoxide rings is 1. The van der Waals surface area contributed by atoms with Gasteiger partial charge in [0.25, 0.3) is 6.29 Å². The molecule has 3 aliphatic rings. The normalized spacial score (nSPS) is 25.7. The smallest absolute Gasteiger partial charge is 0.312 e. The maximum Gasteiger partial charge on any atom is 0.312 e. The Morgan fingerprint density at radius 3 is 1.89 bits per heavy atom. The van der Waals surface area contributed by atoms with Crippen molar-refractivity contribution in [3.8, 4) is 0 Å². The average molecular weight is 539 g/mol. The van der Waals surface area contributed by atoms with Gasteiger partial charge in [-0.1, -0.05) is 0 Å². The molecule has 0 aromatic rings. The van der Waals surface area contributed by atoms with E-state index in [9.17, 15) is 24.0 Å². The molecule has 12 heteroatoms. The second-order valence-electron chi connectivity index (χ2n) is 10.7. The Hall–Kier alpha value is -3.41. The minimum absolute atomic E-state index is 0.117. The summed E-state index contributed by atoms with van der Waals surface area (Å²) in [5.74, 6) is -3.58. The number of hydrogen-bond acceptors (Lipinski definition) is 12. The predicted molar refractivity (Wildman–Crippen MR) is 127 cm³/mol. The molecule has 0 bridgehead atoms. The SMILES string of the molecule is CC(=O)OCC1=COC(OC(=O)CC(C)(C)OC(C)=O)C2C1=CC(OC(=O)CC(C)(C)OC(C)=O)C21CO1. The molecule has 1 spiro atoms. The van der Waals surface area contributed by atoms with Gasteiger partial charge in [0.2, 0.25) is 0 Å². The largest absolute Gasteiger partial charge is 0.461 e. The highest BCUT2D eigenvalue weighted by Crippen LogP contribution is 2.54. The van der Waals surface area contributed by atoms with Crippen LogP contribution in [0, 0.1) is 5.92 Å². The molecule has 1 aliphatic carbocycles. The second kappa shape index (κ2) is 10.8. The lowest BCUT2D eigenvalue weighted by Gasteiger charge is -2.34. The van der Waals surface area contributed by atoms with E-state index in [4.69, 9.17) is 33.2 Å². The molecule has 12 nitrogen and oxygen atoms in total. The minimum Gasteiger partial charge on any atom is -0.461 e. The maximum atomic E-state index is 12.8. The quantitative estimate of drug-likeness (QED) is 0.227. The van der Waals surface area contributed by atoms with Gasteiger partial charge in [-0.05, 0) is 39.3 Å². The van der Waals surface area contributed by atoms with Crippen LogP contribution in [0.25, 0.3) is 0 Å². The lowest BCUT2D eigenvalue weighted by molar-refractivity contribution is -0.191. The highest BCUT2D eigenvalue weighted by Gasteiger charge is 2.68. The summed E-state index contributed by atoms with van der Waals surface area (Å²) in [4.78, 5) is 59.7. The third-order valence-corrected chi connectivity index (χ3v) is 6.06. The first-order chi connectivity index (χ1) is 17.5. The summed E-state index contributed by atoms with van der Waals surface area (Å²) in [6.07, 6.45) is 0.527. The fraction of sp³-hybridized carbons (Fsp3) is 0.654. The van der Waals surface area contributed by atoms with Gasteiger partial charge >= 0.3 is 29.8 Å². The van der Waals surface area contributed by atoms with Crippen LogP contribution in [0.5, 0.6) is 0 Å². The van der Waals surface area contributed by atoms with Crippen LogP contribution in [0.3, 0.4) is 0 Å². The fourth-order valence-corrected chi connectivity index (χ4v) is 4.68. The standard InChI is InChI=1S/C26H34O12/c1-14(27)32-11-17-12-33-23(36-21(31)10-25(6,7)38-16(3)29)22-18(17)8-19(26(22)13-34-26)35-20(30)9-24(4,5)37-15(2)28/h8,12,19,22-23H,9-11,13H2,1-7H3. The van der Waals surface area contributed by atoms with Crippen molar-refractivity contribution in [3.63, 3.8) is 0 Å². The van der Waals surface area contributed by atoms with Gasteiger partial charge in [0, 0.05) is 26.3 Å². The Morgan fingerprint density at radius 2 is 1.42 bits per heavy atom. The van der Waals surface area contributed by atoms with Crippen LogP contribution in [-0.2, 0) is 57.1 Å². The molecule has 1 saturated heterocycles. The molecule has 0 N–H and O–H groups in total. The number of carbonyl (C=O) groups excluding carboxylic acids is 5. The zero-order chi connectivity index (χ0) is 28.5. The second-order valence-corrected chi connectivity index (χ2v) is 10.7. The summed E-state index contributed by atoms with van der Waals surface area (Å²) in [5.41, 5.74) is -2.18. The van der Waals surface area contributed by atoms with Gasteiger partial charge in [-0.3, -0.25) is 24.0 Å². The lowest BCUT2D eigenvalue weighted by Crippen LogP contribution is -2.45. The van der Waals surface area contributed by atoms with Crippen molar-refractivity contribution in [3.05, 3.63) is 23.5 Å². The molecular weight excluding hydrogens is 504 g/mol. The molecule has 3 rings (SSSR count). The lowest BCUT2D eigenvalue weighted by atomic mass is 9.85. The van der Waals surface area contributed by atoms with Crippen LogP contribution in [0.2, 0.25) is 0 Å². The van der Waals surface area contributed by atoms with Crippen LogP contribution in [0.1, 0.15) is 61.3 Å². The molecule has 2 heterocycles. The Balaban J connectivity index is 1.80. The van der Waals surface area contributed by atoms with Crippen molar-refractivity contribution in [2.24, 2.45) is 5.92 Å². The van der Waals surface area contributed by atoms with Crippen LogP contribution >= 0.6 is 0 Å². The Bertz CT molecular complexity index is 1060. The Morgan fingerprint density at radius 1 is 0.895 bits per heavy atom. The topological polar surface area (TPSA) is 153 Å². The molecule has 4 atom stereocenters. The molecule has 38 heavy (non-hydrogen) atoms. The van der Waals surface area contributed by atoms with E-state index < -0.39 is 65.0 Å². The minimum atomic E-state index is -1.15. The van der Waals surface area contributed by atoms with Crippen LogP contribution < -0.4 is 0 Å². The van der Waals surface area contributed by atoms with Gasteiger partial charge in [0.15, 0.2) is 6.10 Å². The van der Waals surface area contributed by atoms with Crippen LogP contribution in [0.15, 0.2) is 23.5 Å². The highest BCUT2D eigenvalue weighted by atomic mass is 16.7. The third kappa shape index (κ3) is 7.12. The van der Waals surface area contributed by atoms with Crippen molar-refractivity contribution in [2.75, 3.05) is 13.2 Å². The van der Waals surface area contributed by atoms with Crippen molar-refractivity contribution >= 4 is 29.8 Å². The molecule has 2 aliphatic heterocycles. The van der Waals surface area contributed by atoms with E-state index in [2.05, 4.69) is 0 Å². The summed E-state index contributed by atoms with van der Waals surface area (Å²) >= 11 is 0. The molecule has 210 valence electrons. The molecule has 0 radical (unpaired) electrons. The van der Waals surface area contributed by atoms with E-state index in [1.807, 2.05) is 0 Å². The monoisotopic (exact) mass is 538 g/mol. The number of carbonyl (C=O) groups is 5. The first-order valence-corrected chi connectivity index (χ1v) is 12.2. The van der Waals surface area contributed by atoms with Gasteiger partial charge in [0.05, 0.1) is 31.6 Å². The number of fused-ring (bicyclic) bond motifs is 2. The predicted octanol–water partition coefficient (Wildman–Crippen LogP) is 2.03. The van der Waals surface area contributed by atoms with Crippen molar-refractivity contribution in [2.45, 2.75) is 90.5 Å². The average Bonchev–Trinajstić information content (AvgIpc) is 3.44. The van der Waals surface area contributed by atoms with Crippen LogP contribution in [-0.4, -0.2) is 72.3 Å². The molecule has 0 amide bonds. The number of hydrogen-bond donors (Lipinski definition) is 0. The van der Waals surface area contributed by atoms with Gasteiger partial charge in [0.1, 0.15) is 23.4 Å². The van der Waals surface area contributed by atoms with Crippen LogP contribution in [0.4, 0.5) is 0 Å². The zero-order valence-electron chi connectivity index (χ0n) is 22.6. The molecule has 0 aromatic heterocycles. The Labute approximate surface area is 220 Å². The fourth-order valence-electron chi connectivity index (χ4n) is 4.68. The van der Waals surface area contributed by atoms with Gasteiger partial charge < -0.3 is 33.2 Å². The molecule has 4 unspecified atom stereocenters. The first kappa shape index (κ1) is 29.2. The van der Waals surface area contributed by atoms with Gasteiger partial charge in [-0.15, -0.1) is 0 Å². The van der Waals surface area contributed by atoms with E-state index in [1.54, 1.807) is 33.8 Å². The molecule has 0 saturated carbocycles. The summed E-state index contributed by atoms with van der Waals surface area (Å²) in [6, 6.07) is 0. The van der Waals surface area contributed by atoms with Gasteiger partial charge in [-0.25, -0.2) is 0 Å². The molecule has 0 aromatic carbocycles. The maximum absolute atomic E-state index is 12.8. The van der Waals surface area contributed by atoms with E-state index in [0.29, 0.717) is 11.1 Å². The van der Waals surface area contributed by atoms with E-state index in [-0.39, 0.29) is 26.1 Å². The first-order valence-electron chi connectivity index (χ1n) is 12.2. The van der Waals surface area contributed by atoms with E-state index in [1.165, 1.54) is 27.0 Å². The van der Waals surface area contributed by atoms with Crippen molar-refractivity contribution < 1.29 is 57.1 Å². The Kier molecular flexibility index (Phi) is 8.25. The summed E-state index contributed by atoms with van der Waals surface area (Å²) in [7, 11) is 0. The van der Waals surface area contributed by atoms with E-state index >= 15 is 0 Å². The summed E-state index contributed by atoms with van der Waals surface area (Å²) in [6.45, 7) is 10.2. The zero-order valence-corrected chi connectivity index (χ0v) is 22.6. The van der Waals surface area contributed by atoms with Gasteiger partial charge in [-0.2, -0.15) is 0 Å². The molecular formula is C26H34O12. The number of ether oxygens (including phenoxy) is 7. The van der Waals surface area contributed by atoms with Crippen molar-refractivity contribution in [1.29, 1.82) is 0 Å². The number of rotatable bonds is 10. The molecule has 1 fully saturated rings. The number of esters is 5. The highest BCUT2D eigenvalue weighted by molar-refractivity contribution is 5.74. The van der Waals surface area contributed by atoms with Crippen molar-refractivity contribution in [1.82, 2.24) is 0 Å².